The van der Waals surface area contributed by atoms with E-state index in [2.05, 4.69) is 0 Å². The fourth-order valence-electron chi connectivity index (χ4n) is 2.26. The van der Waals surface area contributed by atoms with Crippen LogP contribution in [0.3, 0.4) is 0 Å². The van der Waals surface area contributed by atoms with Crippen molar-refractivity contribution in [2.75, 3.05) is 13.1 Å². The van der Waals surface area contributed by atoms with Crippen LogP contribution >= 0.6 is 0 Å². The lowest BCUT2D eigenvalue weighted by Gasteiger charge is -2.30. The van der Waals surface area contributed by atoms with Gasteiger partial charge in [0, 0.05) is 24.2 Å². The molecule has 1 aromatic rings. The lowest BCUT2D eigenvalue weighted by Crippen LogP contribution is -2.37. The number of nitrogens with two attached hydrogens (primary N) is 1. The van der Waals surface area contributed by atoms with Crippen LogP contribution in [0.4, 0.5) is 4.39 Å². The van der Waals surface area contributed by atoms with Crippen LogP contribution in [0.1, 0.15) is 28.8 Å². The first-order chi connectivity index (χ1) is 8.56. The number of hydrogen-bond donors (Lipinski definition) is 2. The molecule has 0 aromatic heterocycles. The summed E-state index contributed by atoms with van der Waals surface area (Å²) in [5.74, 6) is -0.907. The largest absolute Gasteiger partial charge is 0.392 e. The number of hydrogen-bond acceptors (Lipinski definition) is 3. The molecule has 0 aliphatic carbocycles. The van der Waals surface area contributed by atoms with Gasteiger partial charge in [0.25, 0.3) is 0 Å². The van der Waals surface area contributed by atoms with Crippen molar-refractivity contribution in [3.8, 4) is 0 Å². The molecule has 1 aromatic carbocycles. The van der Waals surface area contributed by atoms with E-state index in [-0.39, 0.29) is 11.9 Å². The van der Waals surface area contributed by atoms with Crippen LogP contribution < -0.4 is 5.73 Å². The third kappa shape index (κ3) is 3.05. The van der Waals surface area contributed by atoms with Crippen LogP contribution in [0.15, 0.2) is 18.2 Å². The van der Waals surface area contributed by atoms with Crippen LogP contribution in [0.25, 0.3) is 0 Å². The molecule has 1 fully saturated rings. The normalized spacial score (nSPS) is 20.9. The number of benzene rings is 1. The second-order valence-corrected chi connectivity index (χ2v) is 4.70. The Morgan fingerprint density at radius 3 is 3.00 bits per heavy atom. The Morgan fingerprint density at radius 1 is 1.56 bits per heavy atom. The molecule has 1 saturated heterocycles. The molecule has 5 heteroatoms. The first-order valence-corrected chi connectivity index (χ1v) is 6.05. The molecule has 0 saturated carbocycles. The van der Waals surface area contributed by atoms with E-state index in [1.807, 2.05) is 4.90 Å². The standard InChI is InChI=1S/C13H17FN2O2/c14-12-4-3-9(13(15)18)6-10(12)7-16-5-1-2-11(17)8-16/h3-4,6,11,17H,1-2,5,7-8H2,(H2,15,18)/t11-/m0/s1. The van der Waals surface area contributed by atoms with Crippen molar-refractivity contribution < 1.29 is 14.3 Å². The summed E-state index contributed by atoms with van der Waals surface area (Å²) in [6.07, 6.45) is 1.35. The Bertz CT molecular complexity index is 451. The second-order valence-electron chi connectivity index (χ2n) is 4.70. The van der Waals surface area contributed by atoms with Crippen molar-refractivity contribution in [2.24, 2.45) is 5.73 Å². The zero-order chi connectivity index (χ0) is 13.1. The summed E-state index contributed by atoms with van der Waals surface area (Å²) in [6, 6.07) is 4.13. The van der Waals surface area contributed by atoms with Gasteiger partial charge in [-0.05, 0) is 37.6 Å². The van der Waals surface area contributed by atoms with Crippen LogP contribution in [0.2, 0.25) is 0 Å². The summed E-state index contributed by atoms with van der Waals surface area (Å²) in [4.78, 5) is 13.0. The molecule has 2 rings (SSSR count). The summed E-state index contributed by atoms with van der Waals surface area (Å²) in [7, 11) is 0. The van der Waals surface area contributed by atoms with E-state index in [4.69, 9.17) is 5.73 Å². The van der Waals surface area contributed by atoms with Crippen LogP contribution in [-0.2, 0) is 6.54 Å². The molecule has 0 bridgehead atoms. The Kier molecular flexibility index (Phi) is 3.93. The lowest BCUT2D eigenvalue weighted by atomic mass is 10.1. The average Bonchev–Trinajstić information content (AvgIpc) is 2.31. The third-order valence-corrected chi connectivity index (χ3v) is 3.20. The highest BCUT2D eigenvalue weighted by molar-refractivity contribution is 5.92. The number of aliphatic hydroxyl groups excluding tert-OH is 1. The van der Waals surface area contributed by atoms with E-state index >= 15 is 0 Å². The zero-order valence-electron chi connectivity index (χ0n) is 10.1. The summed E-state index contributed by atoms with van der Waals surface area (Å²) < 4.78 is 13.6. The predicted molar refractivity (Wildman–Crippen MR) is 65.4 cm³/mol. The van der Waals surface area contributed by atoms with Crippen molar-refractivity contribution in [1.29, 1.82) is 0 Å². The monoisotopic (exact) mass is 252 g/mol. The molecule has 0 radical (unpaired) electrons. The zero-order valence-corrected chi connectivity index (χ0v) is 10.1. The first kappa shape index (κ1) is 13.0. The molecule has 98 valence electrons. The maximum Gasteiger partial charge on any atom is 0.248 e. The fourth-order valence-corrected chi connectivity index (χ4v) is 2.26. The minimum absolute atomic E-state index is 0.309. The Balaban J connectivity index is 2.12. The SMILES string of the molecule is NC(=O)c1ccc(F)c(CN2CCC[C@H](O)C2)c1. The molecular formula is C13H17FN2O2. The predicted octanol–water partition coefficient (Wildman–Crippen LogP) is 0.881. The number of rotatable bonds is 3. The number of amides is 1. The molecule has 4 nitrogen and oxygen atoms in total. The van der Waals surface area contributed by atoms with Crippen LogP contribution in [0.5, 0.6) is 0 Å². The minimum atomic E-state index is -0.560. The van der Waals surface area contributed by atoms with Crippen molar-refractivity contribution in [1.82, 2.24) is 4.90 Å². The molecule has 1 aliphatic heterocycles. The van der Waals surface area contributed by atoms with Gasteiger partial charge in [0.15, 0.2) is 0 Å². The quantitative estimate of drug-likeness (QED) is 0.839. The summed E-state index contributed by atoms with van der Waals surface area (Å²) in [5, 5.41) is 9.56. The molecule has 18 heavy (non-hydrogen) atoms. The molecule has 0 spiro atoms. The van der Waals surface area contributed by atoms with Crippen LogP contribution in [0, 0.1) is 5.82 Å². The average molecular weight is 252 g/mol. The molecule has 1 heterocycles. The molecule has 3 N–H and O–H groups in total. The van der Waals surface area contributed by atoms with Gasteiger partial charge in [0.2, 0.25) is 5.91 Å². The fraction of sp³-hybridized carbons (Fsp3) is 0.462. The van der Waals surface area contributed by atoms with E-state index < -0.39 is 5.91 Å². The molecular weight excluding hydrogens is 235 g/mol. The molecule has 1 atom stereocenters. The van der Waals surface area contributed by atoms with Gasteiger partial charge < -0.3 is 10.8 Å². The molecule has 0 unspecified atom stereocenters. The number of piperidine rings is 1. The third-order valence-electron chi connectivity index (χ3n) is 3.20. The molecule has 1 amide bonds. The topological polar surface area (TPSA) is 66.6 Å². The Hall–Kier alpha value is -1.46. The second kappa shape index (κ2) is 5.46. The smallest absolute Gasteiger partial charge is 0.248 e. The van der Waals surface area contributed by atoms with Gasteiger partial charge in [-0.25, -0.2) is 4.39 Å². The summed E-state index contributed by atoms with van der Waals surface area (Å²) >= 11 is 0. The lowest BCUT2D eigenvalue weighted by molar-refractivity contribution is 0.0662. The maximum atomic E-state index is 13.6. The highest BCUT2D eigenvalue weighted by atomic mass is 19.1. The number of nitrogens with zero attached hydrogens (tertiary/aromatic N) is 1. The number of likely N-dealkylation sites (tertiary alicyclic amines) is 1. The van der Waals surface area contributed by atoms with Gasteiger partial charge in [0.1, 0.15) is 5.82 Å². The van der Waals surface area contributed by atoms with Crippen molar-refractivity contribution in [2.45, 2.75) is 25.5 Å². The van der Waals surface area contributed by atoms with Crippen molar-refractivity contribution >= 4 is 5.91 Å². The Morgan fingerprint density at radius 2 is 2.33 bits per heavy atom. The maximum absolute atomic E-state index is 13.6. The van der Waals surface area contributed by atoms with Gasteiger partial charge >= 0.3 is 0 Å². The summed E-state index contributed by atoms with van der Waals surface area (Å²) in [6.45, 7) is 1.77. The van der Waals surface area contributed by atoms with Gasteiger partial charge in [-0.15, -0.1) is 0 Å². The highest BCUT2D eigenvalue weighted by Crippen LogP contribution is 2.17. The first-order valence-electron chi connectivity index (χ1n) is 6.05. The molecule has 1 aliphatic rings. The number of halogens is 1. The summed E-state index contributed by atoms with van der Waals surface area (Å²) in [5.41, 5.74) is 5.93. The van der Waals surface area contributed by atoms with Gasteiger partial charge in [0.05, 0.1) is 6.10 Å². The number of carbonyl (C=O) groups is 1. The van der Waals surface area contributed by atoms with Gasteiger partial charge in [-0.1, -0.05) is 0 Å². The van der Waals surface area contributed by atoms with Gasteiger partial charge in [-0.3, -0.25) is 9.69 Å². The van der Waals surface area contributed by atoms with Crippen molar-refractivity contribution in [3.63, 3.8) is 0 Å². The number of aliphatic hydroxyl groups is 1. The minimum Gasteiger partial charge on any atom is -0.392 e. The number of primary amides is 1. The van der Waals surface area contributed by atoms with Crippen LogP contribution in [-0.4, -0.2) is 35.1 Å². The van der Waals surface area contributed by atoms with E-state index in [1.54, 1.807) is 0 Å². The van der Waals surface area contributed by atoms with E-state index in [9.17, 15) is 14.3 Å². The Labute approximate surface area is 105 Å². The van der Waals surface area contributed by atoms with E-state index in [1.165, 1.54) is 18.2 Å². The number of β-amino-alcohol motifs (C(OH)–C–C–N with tert-alkyl or cyclic N) is 1. The van der Waals surface area contributed by atoms with Gasteiger partial charge in [-0.2, -0.15) is 0 Å². The van der Waals surface area contributed by atoms with Crippen molar-refractivity contribution in [3.05, 3.63) is 35.1 Å². The van der Waals surface area contributed by atoms with E-state index in [0.29, 0.717) is 24.2 Å². The number of carbonyl (C=O) groups excluding carboxylic acids is 1. The van der Waals surface area contributed by atoms with E-state index in [0.717, 1.165) is 19.4 Å². The highest BCUT2D eigenvalue weighted by Gasteiger charge is 2.19.